The van der Waals surface area contributed by atoms with Crippen LogP contribution in [0.2, 0.25) is 0 Å². The van der Waals surface area contributed by atoms with E-state index in [1.807, 2.05) is 30.0 Å². The highest BCUT2D eigenvalue weighted by atomic mass is 16.5. The van der Waals surface area contributed by atoms with E-state index in [0.717, 1.165) is 42.9 Å². The number of carbonyl (C=O) groups is 1. The molecule has 2 unspecified atom stereocenters. The molecule has 21 heavy (non-hydrogen) atoms. The molecule has 1 aliphatic heterocycles. The number of likely N-dealkylation sites (tertiary alicyclic amines) is 1. The van der Waals surface area contributed by atoms with Crippen LogP contribution in [0.15, 0.2) is 18.2 Å². The van der Waals surface area contributed by atoms with Crippen LogP contribution in [0.4, 0.5) is 0 Å². The van der Waals surface area contributed by atoms with Crippen molar-refractivity contribution in [1.82, 2.24) is 4.90 Å². The van der Waals surface area contributed by atoms with Gasteiger partial charge in [0.05, 0.1) is 20.3 Å². The number of ether oxygens (including phenoxy) is 2. The summed E-state index contributed by atoms with van der Waals surface area (Å²) < 4.78 is 10.8. The summed E-state index contributed by atoms with van der Waals surface area (Å²) in [7, 11) is 3.32. The highest BCUT2D eigenvalue weighted by Crippen LogP contribution is 2.39. The molecule has 0 aromatic heterocycles. The van der Waals surface area contributed by atoms with Gasteiger partial charge in [-0.05, 0) is 37.5 Å². The minimum Gasteiger partial charge on any atom is -0.497 e. The molecule has 0 spiro atoms. The lowest BCUT2D eigenvalue weighted by atomic mass is 10.0. The highest BCUT2D eigenvalue weighted by molar-refractivity contribution is 5.79. The second-order valence-electron chi connectivity index (χ2n) is 5.61. The zero-order chi connectivity index (χ0) is 15.4. The Morgan fingerprint density at radius 1 is 1.38 bits per heavy atom. The molecule has 2 rings (SSSR count). The standard InChI is InChI=1S/C17H25NO3/c1-5-12(2)17(19)18-10-6-7-15(18)14-11-13(20-3)8-9-16(14)21-4/h8-9,11-12,15H,5-7,10H2,1-4H3. The molecule has 1 fully saturated rings. The first-order valence-corrected chi connectivity index (χ1v) is 7.64. The number of nitrogens with zero attached hydrogens (tertiary/aromatic N) is 1. The van der Waals surface area contributed by atoms with E-state index in [1.54, 1.807) is 14.2 Å². The van der Waals surface area contributed by atoms with Crippen LogP contribution in [-0.4, -0.2) is 31.6 Å². The van der Waals surface area contributed by atoms with Crippen molar-refractivity contribution in [2.45, 2.75) is 39.2 Å². The average molecular weight is 291 g/mol. The van der Waals surface area contributed by atoms with Crippen molar-refractivity contribution in [3.05, 3.63) is 23.8 Å². The third-order valence-corrected chi connectivity index (χ3v) is 4.37. The summed E-state index contributed by atoms with van der Waals surface area (Å²) in [6.07, 6.45) is 2.89. The van der Waals surface area contributed by atoms with Crippen LogP contribution in [0.5, 0.6) is 11.5 Å². The van der Waals surface area contributed by atoms with Crippen LogP contribution in [0.3, 0.4) is 0 Å². The third-order valence-electron chi connectivity index (χ3n) is 4.37. The second kappa shape index (κ2) is 6.83. The predicted octanol–water partition coefficient (Wildman–Crippen LogP) is 3.41. The predicted molar refractivity (Wildman–Crippen MR) is 82.7 cm³/mol. The fourth-order valence-corrected chi connectivity index (χ4v) is 2.91. The quantitative estimate of drug-likeness (QED) is 0.834. The number of amides is 1. The first kappa shape index (κ1) is 15.7. The van der Waals surface area contributed by atoms with E-state index in [2.05, 4.69) is 6.92 Å². The maximum atomic E-state index is 12.6. The lowest BCUT2D eigenvalue weighted by Crippen LogP contribution is -2.34. The zero-order valence-corrected chi connectivity index (χ0v) is 13.4. The number of benzene rings is 1. The SMILES string of the molecule is CCC(C)C(=O)N1CCCC1c1cc(OC)ccc1OC. The van der Waals surface area contributed by atoms with E-state index < -0.39 is 0 Å². The van der Waals surface area contributed by atoms with Crippen LogP contribution < -0.4 is 9.47 Å². The van der Waals surface area contributed by atoms with Crippen molar-refractivity contribution in [3.63, 3.8) is 0 Å². The largest absolute Gasteiger partial charge is 0.497 e. The Bertz CT molecular complexity index is 501. The second-order valence-corrected chi connectivity index (χ2v) is 5.61. The molecule has 4 nitrogen and oxygen atoms in total. The number of hydrogen-bond donors (Lipinski definition) is 0. The van der Waals surface area contributed by atoms with Crippen molar-refractivity contribution in [2.24, 2.45) is 5.92 Å². The van der Waals surface area contributed by atoms with Gasteiger partial charge in [-0.3, -0.25) is 4.79 Å². The van der Waals surface area contributed by atoms with E-state index in [4.69, 9.17) is 9.47 Å². The van der Waals surface area contributed by atoms with Gasteiger partial charge in [-0.2, -0.15) is 0 Å². The molecule has 1 aliphatic rings. The van der Waals surface area contributed by atoms with Crippen molar-refractivity contribution in [2.75, 3.05) is 20.8 Å². The number of methoxy groups -OCH3 is 2. The molecule has 116 valence electrons. The van der Waals surface area contributed by atoms with E-state index in [-0.39, 0.29) is 17.9 Å². The van der Waals surface area contributed by atoms with Gasteiger partial charge in [0.1, 0.15) is 11.5 Å². The van der Waals surface area contributed by atoms with Crippen molar-refractivity contribution in [1.29, 1.82) is 0 Å². The van der Waals surface area contributed by atoms with Crippen LogP contribution in [0, 0.1) is 5.92 Å². The van der Waals surface area contributed by atoms with Crippen LogP contribution in [0.1, 0.15) is 44.7 Å². The molecule has 1 saturated heterocycles. The van der Waals surface area contributed by atoms with Crippen LogP contribution >= 0.6 is 0 Å². The van der Waals surface area contributed by atoms with Crippen LogP contribution in [-0.2, 0) is 4.79 Å². The number of carbonyl (C=O) groups excluding carboxylic acids is 1. The summed E-state index contributed by atoms with van der Waals surface area (Å²) in [4.78, 5) is 14.6. The molecule has 0 saturated carbocycles. The first-order chi connectivity index (χ1) is 10.1. The lowest BCUT2D eigenvalue weighted by molar-refractivity contribution is -0.136. The fraction of sp³-hybridized carbons (Fsp3) is 0.588. The summed E-state index contributed by atoms with van der Waals surface area (Å²) in [5.74, 6) is 1.94. The monoisotopic (exact) mass is 291 g/mol. The maximum absolute atomic E-state index is 12.6. The summed E-state index contributed by atoms with van der Waals surface area (Å²) in [6, 6.07) is 5.89. The van der Waals surface area contributed by atoms with Crippen molar-refractivity contribution >= 4 is 5.91 Å². The Labute approximate surface area is 127 Å². The summed E-state index contributed by atoms with van der Waals surface area (Å²) in [5.41, 5.74) is 1.05. The van der Waals surface area contributed by atoms with Gasteiger partial charge >= 0.3 is 0 Å². The van der Waals surface area contributed by atoms with Gasteiger partial charge in [0.2, 0.25) is 5.91 Å². The van der Waals surface area contributed by atoms with Gasteiger partial charge in [-0.25, -0.2) is 0 Å². The van der Waals surface area contributed by atoms with Gasteiger partial charge in [0, 0.05) is 18.0 Å². The van der Waals surface area contributed by atoms with Gasteiger partial charge < -0.3 is 14.4 Å². The third kappa shape index (κ3) is 3.14. The van der Waals surface area contributed by atoms with E-state index in [1.165, 1.54) is 0 Å². The van der Waals surface area contributed by atoms with Gasteiger partial charge in [-0.15, -0.1) is 0 Å². The molecule has 0 bridgehead atoms. The minimum atomic E-state index is 0.0715. The zero-order valence-electron chi connectivity index (χ0n) is 13.4. The van der Waals surface area contributed by atoms with Crippen LogP contribution in [0.25, 0.3) is 0 Å². The molecule has 1 aromatic carbocycles. The fourth-order valence-electron chi connectivity index (χ4n) is 2.91. The van der Waals surface area contributed by atoms with Crippen molar-refractivity contribution < 1.29 is 14.3 Å². The Kier molecular flexibility index (Phi) is 5.10. The summed E-state index contributed by atoms with van der Waals surface area (Å²) >= 11 is 0. The van der Waals surface area contributed by atoms with E-state index in [0.29, 0.717) is 0 Å². The van der Waals surface area contributed by atoms with E-state index >= 15 is 0 Å². The Morgan fingerprint density at radius 2 is 2.14 bits per heavy atom. The van der Waals surface area contributed by atoms with Crippen molar-refractivity contribution in [3.8, 4) is 11.5 Å². The van der Waals surface area contributed by atoms with Gasteiger partial charge in [0.25, 0.3) is 0 Å². The Balaban J connectivity index is 2.33. The topological polar surface area (TPSA) is 38.8 Å². The molecule has 4 heteroatoms. The summed E-state index contributed by atoms with van der Waals surface area (Å²) in [5, 5.41) is 0. The van der Waals surface area contributed by atoms with Gasteiger partial charge in [0.15, 0.2) is 0 Å². The molecule has 0 N–H and O–H groups in total. The molecule has 2 atom stereocenters. The molecular weight excluding hydrogens is 266 g/mol. The molecular formula is C17H25NO3. The molecule has 0 radical (unpaired) electrons. The molecule has 0 aliphatic carbocycles. The van der Waals surface area contributed by atoms with E-state index in [9.17, 15) is 4.79 Å². The Morgan fingerprint density at radius 3 is 2.76 bits per heavy atom. The first-order valence-electron chi connectivity index (χ1n) is 7.64. The normalized spacial score (nSPS) is 19.4. The minimum absolute atomic E-state index is 0.0715. The smallest absolute Gasteiger partial charge is 0.225 e. The highest BCUT2D eigenvalue weighted by Gasteiger charge is 2.33. The molecule has 1 aromatic rings. The molecule has 1 amide bonds. The maximum Gasteiger partial charge on any atom is 0.225 e. The molecule has 1 heterocycles. The lowest BCUT2D eigenvalue weighted by Gasteiger charge is -2.28. The average Bonchev–Trinajstić information content (AvgIpc) is 3.01. The number of hydrogen-bond acceptors (Lipinski definition) is 3. The summed E-state index contributed by atoms with van der Waals surface area (Å²) in [6.45, 7) is 4.88. The number of rotatable bonds is 5. The van der Waals surface area contributed by atoms with Gasteiger partial charge in [-0.1, -0.05) is 13.8 Å². The Hall–Kier alpha value is -1.71.